The Morgan fingerprint density at radius 2 is 1.60 bits per heavy atom. The van der Waals surface area contributed by atoms with E-state index < -0.39 is 13.7 Å². The maximum atomic E-state index is 6.49. The van der Waals surface area contributed by atoms with Crippen molar-refractivity contribution in [1.29, 1.82) is 0 Å². The molecule has 25 heavy (non-hydrogen) atoms. The van der Waals surface area contributed by atoms with Crippen molar-refractivity contribution in [3.8, 4) is 0 Å². The van der Waals surface area contributed by atoms with Gasteiger partial charge in [-0.1, -0.05) is 34.1 Å². The minimum atomic E-state index is -2.46. The molecule has 0 aliphatic rings. The third kappa shape index (κ3) is 9.52. The predicted molar refractivity (Wildman–Crippen MR) is 108 cm³/mol. The molecule has 5 heteroatoms. The van der Waals surface area contributed by atoms with Gasteiger partial charge in [-0.2, -0.15) is 0 Å². The summed E-state index contributed by atoms with van der Waals surface area (Å²) < 4.78 is 25.5. The van der Waals surface area contributed by atoms with Crippen LogP contribution in [0.4, 0.5) is 0 Å². The highest BCUT2D eigenvalue weighted by Crippen LogP contribution is 2.34. The molecule has 0 rings (SSSR count). The molecule has 0 aliphatic carbocycles. The van der Waals surface area contributed by atoms with Crippen molar-refractivity contribution < 1.29 is 18.6 Å². The number of rotatable bonds is 13. The van der Waals surface area contributed by atoms with E-state index in [0.29, 0.717) is 12.1 Å². The van der Waals surface area contributed by atoms with Gasteiger partial charge in [-0.25, -0.2) is 0 Å². The first kappa shape index (κ1) is 25.1. The summed E-state index contributed by atoms with van der Waals surface area (Å²) in [4.78, 5) is 0. The zero-order valence-electron chi connectivity index (χ0n) is 18.5. The van der Waals surface area contributed by atoms with Crippen LogP contribution in [0.5, 0.6) is 0 Å². The first-order valence-corrected chi connectivity index (χ1v) is 12.6. The number of unbranched alkanes of at least 4 members (excludes halogenated alkanes) is 1. The van der Waals surface area contributed by atoms with Gasteiger partial charge in [0.05, 0.1) is 17.9 Å². The maximum absolute atomic E-state index is 6.49. The molecular weight excluding hydrogens is 332 g/mol. The predicted octanol–water partition coefficient (Wildman–Crippen LogP) is 5.48. The second kappa shape index (κ2) is 11.0. The molecular formula is C20H44O4Si. The summed E-state index contributed by atoms with van der Waals surface area (Å²) in [5.41, 5.74) is -1.08. The van der Waals surface area contributed by atoms with E-state index in [2.05, 4.69) is 68.9 Å². The van der Waals surface area contributed by atoms with Crippen LogP contribution < -0.4 is 0 Å². The molecule has 0 amide bonds. The molecule has 0 aromatic rings. The molecule has 0 saturated carbocycles. The van der Waals surface area contributed by atoms with Gasteiger partial charge >= 0.3 is 0 Å². The van der Waals surface area contributed by atoms with Gasteiger partial charge in [0.15, 0.2) is 5.41 Å². The van der Waals surface area contributed by atoms with Gasteiger partial charge in [0.1, 0.15) is 0 Å². The first-order chi connectivity index (χ1) is 11.4. The van der Waals surface area contributed by atoms with Crippen molar-refractivity contribution in [1.82, 2.24) is 0 Å². The molecule has 0 aromatic heterocycles. The van der Waals surface area contributed by atoms with Crippen LogP contribution in [0.2, 0.25) is 6.55 Å². The van der Waals surface area contributed by atoms with Crippen LogP contribution in [0.15, 0.2) is 0 Å². The minimum absolute atomic E-state index is 0.110. The highest BCUT2D eigenvalue weighted by Gasteiger charge is 2.54. The van der Waals surface area contributed by atoms with Gasteiger partial charge in [0.25, 0.3) is 8.32 Å². The van der Waals surface area contributed by atoms with Crippen LogP contribution in [-0.4, -0.2) is 44.9 Å². The zero-order chi connectivity index (χ0) is 19.7. The van der Waals surface area contributed by atoms with Crippen LogP contribution in [0.1, 0.15) is 81.6 Å². The van der Waals surface area contributed by atoms with E-state index >= 15 is 0 Å². The lowest BCUT2D eigenvalue weighted by Gasteiger charge is -2.47. The highest BCUT2D eigenvalue weighted by atomic mass is 28.4. The summed E-state index contributed by atoms with van der Waals surface area (Å²) in [5, 5.41) is 0. The SMILES string of the molecule is CCCCO[Si](C)(COCC(C)C)C(C)(OC(C)CC)OC(C)(C)C. The Bertz CT molecular complexity index is 356. The summed E-state index contributed by atoms with van der Waals surface area (Å²) in [6, 6.07) is 0. The minimum Gasteiger partial charge on any atom is -0.409 e. The van der Waals surface area contributed by atoms with Crippen molar-refractivity contribution in [3.05, 3.63) is 0 Å². The molecule has 0 saturated heterocycles. The monoisotopic (exact) mass is 376 g/mol. The van der Waals surface area contributed by atoms with Crippen LogP contribution in [0.3, 0.4) is 0 Å². The van der Waals surface area contributed by atoms with E-state index in [9.17, 15) is 0 Å². The fourth-order valence-corrected chi connectivity index (χ4v) is 5.23. The largest absolute Gasteiger partial charge is 0.409 e. The standard InChI is InChI=1S/C20H44O4Si/c1-11-13-14-22-25(10,16-21-15-17(3)4)20(9,23-18(5)12-2)24-19(6,7)8/h17-18H,11-16H2,1-10H3. The molecule has 3 atom stereocenters. The fourth-order valence-electron chi connectivity index (χ4n) is 2.54. The third-order valence-corrected chi connectivity index (χ3v) is 7.95. The van der Waals surface area contributed by atoms with Gasteiger partial charge in [0.2, 0.25) is 0 Å². The fraction of sp³-hybridized carbons (Fsp3) is 1.00. The Morgan fingerprint density at radius 3 is 2.04 bits per heavy atom. The van der Waals surface area contributed by atoms with Gasteiger partial charge in [-0.05, 0) is 59.9 Å². The van der Waals surface area contributed by atoms with Crippen LogP contribution in [-0.2, 0) is 18.6 Å². The Labute approximate surface area is 158 Å². The molecule has 0 aliphatic heterocycles. The van der Waals surface area contributed by atoms with Crippen LogP contribution in [0.25, 0.3) is 0 Å². The summed E-state index contributed by atoms with van der Waals surface area (Å²) >= 11 is 0. The van der Waals surface area contributed by atoms with Crippen LogP contribution >= 0.6 is 0 Å². The van der Waals surface area contributed by atoms with Crippen molar-refractivity contribution >= 4 is 8.32 Å². The molecule has 0 aromatic carbocycles. The highest BCUT2D eigenvalue weighted by molar-refractivity contribution is 6.74. The molecule has 0 radical (unpaired) electrons. The maximum Gasteiger partial charge on any atom is 0.278 e. The lowest BCUT2D eigenvalue weighted by molar-refractivity contribution is -0.249. The Kier molecular flexibility index (Phi) is 11.1. The normalized spacial score (nSPS) is 18.8. The van der Waals surface area contributed by atoms with Crippen molar-refractivity contribution in [2.45, 2.75) is 105 Å². The average Bonchev–Trinajstić information content (AvgIpc) is 2.44. The number of hydrogen-bond acceptors (Lipinski definition) is 4. The third-order valence-electron chi connectivity index (χ3n) is 4.21. The van der Waals surface area contributed by atoms with E-state index in [-0.39, 0.29) is 11.7 Å². The Hall–Kier alpha value is 0.0569. The number of hydrogen-bond donors (Lipinski definition) is 0. The van der Waals surface area contributed by atoms with E-state index in [4.69, 9.17) is 18.6 Å². The second-order valence-corrected chi connectivity index (χ2v) is 12.8. The quantitative estimate of drug-likeness (QED) is 0.242. The van der Waals surface area contributed by atoms with Crippen molar-refractivity contribution in [2.24, 2.45) is 5.92 Å². The van der Waals surface area contributed by atoms with Gasteiger partial charge < -0.3 is 18.6 Å². The molecule has 0 bridgehead atoms. The lowest BCUT2D eigenvalue weighted by Crippen LogP contribution is -2.66. The molecule has 0 heterocycles. The second-order valence-electron chi connectivity index (χ2n) is 8.84. The van der Waals surface area contributed by atoms with E-state index in [0.717, 1.165) is 32.5 Å². The molecule has 0 spiro atoms. The summed E-state index contributed by atoms with van der Waals surface area (Å²) in [7, 11) is -2.46. The first-order valence-electron chi connectivity index (χ1n) is 9.98. The molecule has 3 unspecified atom stereocenters. The zero-order valence-corrected chi connectivity index (χ0v) is 19.5. The molecule has 4 nitrogen and oxygen atoms in total. The van der Waals surface area contributed by atoms with Gasteiger partial charge in [-0.15, -0.1) is 0 Å². The van der Waals surface area contributed by atoms with Crippen LogP contribution in [0, 0.1) is 5.92 Å². The van der Waals surface area contributed by atoms with E-state index in [1.165, 1.54) is 0 Å². The van der Waals surface area contributed by atoms with E-state index in [1.807, 2.05) is 0 Å². The number of ether oxygens (including phenoxy) is 3. The molecule has 152 valence electrons. The average molecular weight is 377 g/mol. The Morgan fingerprint density at radius 1 is 1.00 bits per heavy atom. The van der Waals surface area contributed by atoms with Crippen molar-refractivity contribution in [2.75, 3.05) is 19.4 Å². The lowest BCUT2D eigenvalue weighted by atomic mass is 10.2. The summed E-state index contributed by atoms with van der Waals surface area (Å²) in [5.74, 6) is 0.499. The summed E-state index contributed by atoms with van der Waals surface area (Å²) in [6.45, 7) is 22.7. The van der Waals surface area contributed by atoms with Gasteiger partial charge in [-0.3, -0.25) is 0 Å². The molecule has 0 N–H and O–H groups in total. The molecule has 0 fully saturated rings. The topological polar surface area (TPSA) is 36.9 Å². The summed E-state index contributed by atoms with van der Waals surface area (Å²) in [6.07, 6.45) is 3.79. The smallest absolute Gasteiger partial charge is 0.278 e. The Balaban J connectivity index is 5.51. The van der Waals surface area contributed by atoms with Crippen molar-refractivity contribution in [3.63, 3.8) is 0 Å². The van der Waals surface area contributed by atoms with Gasteiger partial charge in [0, 0.05) is 13.2 Å². The van der Waals surface area contributed by atoms with E-state index in [1.54, 1.807) is 0 Å².